The van der Waals surface area contributed by atoms with Gasteiger partial charge in [0.05, 0.1) is 5.56 Å². The fraction of sp³-hybridized carbons (Fsp3) is 0.211. The molecule has 3 rings (SSSR count). The maximum Gasteiger partial charge on any atom is 0.414 e. The molecule has 0 aliphatic carbocycles. The molecule has 0 fully saturated rings. The Hall–Kier alpha value is -3.42. The zero-order chi connectivity index (χ0) is 19.9. The van der Waals surface area contributed by atoms with E-state index < -0.39 is 17.5 Å². The fourth-order valence-electron chi connectivity index (χ4n) is 2.93. The Labute approximate surface area is 154 Å². The van der Waals surface area contributed by atoms with Gasteiger partial charge in [0.1, 0.15) is 11.3 Å². The number of anilines is 1. The maximum atomic E-state index is 14.4. The number of ether oxygens (including phenoxy) is 1. The topological polar surface area (TPSA) is 98.7 Å². The second-order valence-corrected chi connectivity index (χ2v) is 6.32. The van der Waals surface area contributed by atoms with Gasteiger partial charge in [0, 0.05) is 37.3 Å². The number of aromatic nitrogens is 1. The normalized spacial score (nSPS) is 10.9. The number of fused-ring (bicyclic) bond motifs is 1. The summed E-state index contributed by atoms with van der Waals surface area (Å²) in [4.78, 5) is 29.3. The lowest BCUT2D eigenvalue weighted by atomic mass is 9.97. The lowest BCUT2D eigenvalue weighted by Crippen LogP contribution is -2.25. The largest absolute Gasteiger partial charge is 0.422 e. The molecule has 2 N–H and O–H groups in total. The zero-order valence-electron chi connectivity index (χ0n) is 15.3. The summed E-state index contributed by atoms with van der Waals surface area (Å²) < 4.78 is 25.0. The molecular weight excluding hydrogens is 353 g/mol. The van der Waals surface area contributed by atoms with Crippen LogP contribution in [0.5, 0.6) is 5.75 Å². The Morgan fingerprint density at radius 1 is 1.30 bits per heavy atom. The number of hydrogen-bond donors (Lipinski definition) is 1. The Balaban J connectivity index is 2.24. The molecule has 0 spiro atoms. The van der Waals surface area contributed by atoms with Crippen molar-refractivity contribution in [2.24, 2.45) is 0 Å². The molecule has 0 bridgehead atoms. The van der Waals surface area contributed by atoms with Crippen molar-refractivity contribution in [2.45, 2.75) is 13.8 Å². The Morgan fingerprint density at radius 3 is 2.67 bits per heavy atom. The van der Waals surface area contributed by atoms with Crippen LogP contribution in [0.25, 0.3) is 22.1 Å². The summed E-state index contributed by atoms with van der Waals surface area (Å²) in [7, 11) is 3.11. The van der Waals surface area contributed by atoms with Gasteiger partial charge in [-0.05, 0) is 37.1 Å². The second kappa shape index (κ2) is 6.71. The fourth-order valence-corrected chi connectivity index (χ4v) is 2.93. The van der Waals surface area contributed by atoms with Crippen LogP contribution in [0.1, 0.15) is 11.1 Å². The highest BCUT2D eigenvalue weighted by Gasteiger charge is 2.20. The van der Waals surface area contributed by atoms with Gasteiger partial charge in [-0.25, -0.2) is 19.0 Å². The third kappa shape index (κ3) is 3.21. The van der Waals surface area contributed by atoms with Gasteiger partial charge in [-0.2, -0.15) is 0 Å². The minimum Gasteiger partial charge on any atom is -0.422 e. The van der Waals surface area contributed by atoms with Crippen molar-refractivity contribution < 1.29 is 18.3 Å². The van der Waals surface area contributed by atoms with Crippen LogP contribution in [-0.2, 0) is 0 Å². The summed E-state index contributed by atoms with van der Waals surface area (Å²) in [6, 6.07) is 4.48. The lowest BCUT2D eigenvalue weighted by molar-refractivity contribution is 0.172. The molecule has 0 saturated carbocycles. The van der Waals surface area contributed by atoms with Crippen LogP contribution in [0.15, 0.2) is 33.6 Å². The first-order chi connectivity index (χ1) is 12.7. The van der Waals surface area contributed by atoms with Gasteiger partial charge >= 0.3 is 11.7 Å². The highest BCUT2D eigenvalue weighted by molar-refractivity contribution is 5.90. The van der Waals surface area contributed by atoms with Gasteiger partial charge in [-0.15, -0.1) is 0 Å². The molecule has 2 heterocycles. The molecule has 0 radical (unpaired) electrons. The summed E-state index contributed by atoms with van der Waals surface area (Å²) in [6.07, 6.45) is 0.770. The number of nitrogen functional groups attached to an aromatic ring is 1. The summed E-state index contributed by atoms with van der Waals surface area (Å²) in [6.45, 7) is 3.48. The molecule has 140 valence electrons. The van der Waals surface area contributed by atoms with Crippen LogP contribution >= 0.6 is 0 Å². The van der Waals surface area contributed by atoms with E-state index in [1.807, 2.05) is 0 Å². The van der Waals surface area contributed by atoms with Crippen LogP contribution in [0.3, 0.4) is 0 Å². The molecule has 3 aromatic rings. The van der Waals surface area contributed by atoms with E-state index in [9.17, 15) is 14.0 Å². The summed E-state index contributed by atoms with van der Waals surface area (Å²) in [5, 5.41) is 0.629. The van der Waals surface area contributed by atoms with Crippen molar-refractivity contribution in [2.75, 3.05) is 19.8 Å². The van der Waals surface area contributed by atoms with E-state index in [0.29, 0.717) is 16.5 Å². The molecule has 0 aliphatic heterocycles. The summed E-state index contributed by atoms with van der Waals surface area (Å²) in [5.41, 5.74) is 6.39. The molecule has 0 atom stereocenters. The Morgan fingerprint density at radius 2 is 2.00 bits per heavy atom. The number of halogens is 1. The third-order valence-electron chi connectivity index (χ3n) is 4.19. The van der Waals surface area contributed by atoms with Crippen molar-refractivity contribution in [3.05, 3.63) is 51.8 Å². The average Bonchev–Trinajstić information content (AvgIpc) is 2.57. The van der Waals surface area contributed by atoms with Crippen molar-refractivity contribution in [3.63, 3.8) is 0 Å². The number of carbonyl (C=O) groups excluding carboxylic acids is 1. The molecule has 8 heteroatoms. The highest BCUT2D eigenvalue weighted by atomic mass is 19.1. The van der Waals surface area contributed by atoms with E-state index in [4.69, 9.17) is 14.9 Å². The van der Waals surface area contributed by atoms with E-state index in [1.54, 1.807) is 34.0 Å². The van der Waals surface area contributed by atoms with Gasteiger partial charge < -0.3 is 19.8 Å². The van der Waals surface area contributed by atoms with Crippen LogP contribution in [0, 0.1) is 19.7 Å². The van der Waals surface area contributed by atoms with E-state index in [2.05, 4.69) is 4.98 Å². The molecule has 0 unspecified atom stereocenters. The van der Waals surface area contributed by atoms with Gasteiger partial charge in [-0.1, -0.05) is 0 Å². The van der Waals surface area contributed by atoms with Gasteiger partial charge in [0.25, 0.3) is 0 Å². The first-order valence-corrected chi connectivity index (χ1v) is 8.08. The number of nitrogens with zero attached hydrogens (tertiary/aromatic N) is 2. The van der Waals surface area contributed by atoms with E-state index in [1.165, 1.54) is 23.2 Å². The number of pyridine rings is 1. The van der Waals surface area contributed by atoms with Gasteiger partial charge in [0.15, 0.2) is 11.6 Å². The van der Waals surface area contributed by atoms with E-state index in [0.717, 1.165) is 0 Å². The second-order valence-electron chi connectivity index (χ2n) is 6.32. The smallest absolute Gasteiger partial charge is 0.414 e. The van der Waals surface area contributed by atoms with Crippen molar-refractivity contribution in [1.82, 2.24) is 9.88 Å². The summed E-state index contributed by atoms with van der Waals surface area (Å²) in [5.74, 6) is -0.830. The van der Waals surface area contributed by atoms with Crippen LogP contribution < -0.4 is 16.1 Å². The quantitative estimate of drug-likeness (QED) is 0.694. The first kappa shape index (κ1) is 18.4. The third-order valence-corrected chi connectivity index (χ3v) is 4.19. The zero-order valence-corrected chi connectivity index (χ0v) is 15.3. The van der Waals surface area contributed by atoms with Crippen molar-refractivity contribution >= 4 is 22.9 Å². The van der Waals surface area contributed by atoms with Gasteiger partial charge in [-0.3, -0.25) is 0 Å². The van der Waals surface area contributed by atoms with E-state index >= 15 is 0 Å². The number of hydrogen-bond acceptors (Lipinski definition) is 6. The number of carbonyl (C=O) groups is 1. The van der Waals surface area contributed by atoms with Crippen molar-refractivity contribution in [3.8, 4) is 16.9 Å². The number of benzene rings is 1. The van der Waals surface area contributed by atoms with Crippen LogP contribution in [-0.4, -0.2) is 30.1 Å². The van der Waals surface area contributed by atoms with Gasteiger partial charge in [0.2, 0.25) is 0 Å². The highest BCUT2D eigenvalue weighted by Crippen LogP contribution is 2.33. The molecule has 0 aliphatic rings. The van der Waals surface area contributed by atoms with Crippen LogP contribution in [0.2, 0.25) is 0 Å². The van der Waals surface area contributed by atoms with Crippen LogP contribution in [0.4, 0.5) is 15.0 Å². The number of nitrogens with two attached hydrogens (primary N) is 1. The predicted octanol–water partition coefficient (Wildman–Crippen LogP) is 3.25. The standard InChI is InChI=1S/C19H18FN3O4/c1-9-7-11(26-19(25)23(3)4)8-13-14(9)10(2)15(18(24)27-13)12-5-6-22-17(21)16(12)20/h5-8H,1-4H3,(H2,21,22). The number of aryl methyl sites for hydroxylation is 2. The Bertz CT molecular complexity index is 1120. The molecule has 0 saturated heterocycles. The molecular formula is C19H18FN3O4. The molecule has 27 heavy (non-hydrogen) atoms. The minimum absolute atomic E-state index is 0.0261. The maximum absolute atomic E-state index is 14.4. The minimum atomic E-state index is -0.776. The van der Waals surface area contributed by atoms with Crippen molar-refractivity contribution in [1.29, 1.82) is 0 Å². The van der Waals surface area contributed by atoms with E-state index in [-0.39, 0.29) is 28.3 Å². The molecule has 7 nitrogen and oxygen atoms in total. The summed E-state index contributed by atoms with van der Waals surface area (Å²) >= 11 is 0. The first-order valence-electron chi connectivity index (χ1n) is 8.08. The molecule has 2 aromatic heterocycles. The SMILES string of the molecule is Cc1cc(OC(=O)N(C)C)cc2oc(=O)c(-c3ccnc(N)c3F)c(C)c12. The molecule has 1 amide bonds. The molecule has 1 aromatic carbocycles. The monoisotopic (exact) mass is 371 g/mol. The average molecular weight is 371 g/mol. The number of amides is 1. The predicted molar refractivity (Wildman–Crippen MR) is 99.3 cm³/mol. The Kier molecular flexibility index (Phi) is 4.57. The lowest BCUT2D eigenvalue weighted by Gasteiger charge is -2.14. The number of rotatable bonds is 2.